The molecule has 0 bridgehead atoms. The summed E-state index contributed by atoms with van der Waals surface area (Å²) in [6.07, 6.45) is 0. The van der Waals surface area contributed by atoms with Gasteiger partial charge in [0.2, 0.25) is 0 Å². The molecule has 1 aromatic rings. The van der Waals surface area contributed by atoms with Crippen LogP contribution < -0.4 is 4.74 Å². The SMILES string of the molecule is [2H][13C]([2H])([2H])Oc1cccc([13C]([2H])([2H])Br)c1. The molecule has 0 N–H and O–H groups in total. The third-order valence-corrected chi connectivity index (χ3v) is 1.52. The van der Waals surface area contributed by atoms with E-state index in [9.17, 15) is 0 Å². The van der Waals surface area contributed by atoms with Crippen LogP contribution in [0.2, 0.25) is 0 Å². The van der Waals surface area contributed by atoms with Crippen molar-refractivity contribution < 1.29 is 11.6 Å². The average molecular weight is 208 g/mol. The van der Waals surface area contributed by atoms with Gasteiger partial charge >= 0.3 is 0 Å². The number of halogens is 1. The molecule has 0 radical (unpaired) electrons. The molecule has 0 heterocycles. The van der Waals surface area contributed by atoms with Crippen LogP contribution in [0.1, 0.15) is 12.4 Å². The molecule has 0 atom stereocenters. The number of ether oxygens (including phenoxy) is 1. The molecular weight excluding hydrogens is 194 g/mol. The van der Waals surface area contributed by atoms with Crippen molar-refractivity contribution in [2.24, 2.45) is 0 Å². The smallest absolute Gasteiger partial charge is 0.119 e. The molecule has 54 valence electrons. The van der Waals surface area contributed by atoms with Gasteiger partial charge in [-0.3, -0.25) is 0 Å². The van der Waals surface area contributed by atoms with Gasteiger partial charge in [-0.05, 0) is 17.7 Å². The highest BCUT2D eigenvalue weighted by Crippen LogP contribution is 2.14. The highest BCUT2D eigenvalue weighted by Gasteiger charge is 1.91. The second kappa shape index (κ2) is 3.62. The second-order valence-electron chi connectivity index (χ2n) is 1.72. The van der Waals surface area contributed by atoms with Crippen LogP contribution in [0.4, 0.5) is 0 Å². The van der Waals surface area contributed by atoms with Gasteiger partial charge in [0.1, 0.15) is 5.75 Å². The van der Waals surface area contributed by atoms with Gasteiger partial charge in [-0.1, -0.05) is 28.1 Å². The Kier molecular flexibility index (Phi) is 1.18. The lowest BCUT2D eigenvalue weighted by Gasteiger charge is -1.99. The summed E-state index contributed by atoms with van der Waals surface area (Å²) in [5.74, 6) is 0.121. The van der Waals surface area contributed by atoms with Crippen molar-refractivity contribution in [3.05, 3.63) is 29.8 Å². The van der Waals surface area contributed by atoms with E-state index in [1.807, 2.05) is 0 Å². The van der Waals surface area contributed by atoms with Crippen molar-refractivity contribution in [3.8, 4) is 5.75 Å². The molecule has 1 nitrogen and oxygen atoms in total. The molecule has 0 aliphatic rings. The van der Waals surface area contributed by atoms with Crippen LogP contribution in [0.3, 0.4) is 0 Å². The molecule has 0 aromatic heterocycles. The molecule has 1 rings (SSSR count). The lowest BCUT2D eigenvalue weighted by Crippen LogP contribution is -1.83. The number of hydrogen-bond acceptors (Lipinski definition) is 1. The van der Waals surface area contributed by atoms with E-state index in [4.69, 9.17) is 6.85 Å². The minimum absolute atomic E-state index is 0.121. The summed E-state index contributed by atoms with van der Waals surface area (Å²) in [5, 5.41) is -1.69. The van der Waals surface area contributed by atoms with Gasteiger partial charge in [0.25, 0.3) is 0 Å². The molecule has 0 spiro atoms. The van der Waals surface area contributed by atoms with Crippen molar-refractivity contribution in [2.45, 2.75) is 5.28 Å². The van der Waals surface area contributed by atoms with Crippen LogP contribution in [-0.4, -0.2) is 7.04 Å². The monoisotopic (exact) mass is 207 g/mol. The zero-order valence-electron chi connectivity index (χ0n) is 10.1. The number of benzene rings is 1. The highest BCUT2D eigenvalue weighted by atomic mass is 79.9. The maximum absolute atomic E-state index is 7.39. The first-order valence-electron chi connectivity index (χ1n) is 5.17. The Labute approximate surface area is 76.2 Å². The second-order valence-corrected chi connectivity index (χ2v) is 2.12. The fraction of sp³-hybridized carbons (Fsp3) is 0.250. The van der Waals surface area contributed by atoms with Gasteiger partial charge < -0.3 is 4.74 Å². The van der Waals surface area contributed by atoms with E-state index in [0.29, 0.717) is 5.56 Å². The normalized spacial score (nSPS) is 19.5. The Hall–Kier alpha value is -0.500. The predicted octanol–water partition coefficient (Wildman–Crippen LogP) is 2.59. The lowest BCUT2D eigenvalue weighted by molar-refractivity contribution is 0.414. The van der Waals surface area contributed by atoms with E-state index in [0.717, 1.165) is 0 Å². The minimum Gasteiger partial charge on any atom is -0.497 e. The van der Waals surface area contributed by atoms with Gasteiger partial charge in [-0.25, -0.2) is 0 Å². The van der Waals surface area contributed by atoms with Gasteiger partial charge in [0.05, 0.1) is 11.2 Å². The molecule has 0 unspecified atom stereocenters. The van der Waals surface area contributed by atoms with Crippen LogP contribution in [0.15, 0.2) is 24.3 Å². The third-order valence-electron chi connectivity index (χ3n) is 1.06. The Balaban J connectivity index is 2.94. The van der Waals surface area contributed by atoms with Crippen LogP contribution in [0, 0.1) is 0 Å². The maximum atomic E-state index is 7.39. The highest BCUT2D eigenvalue weighted by molar-refractivity contribution is 9.08. The summed E-state index contributed by atoms with van der Waals surface area (Å²) in [5.41, 5.74) is 0.309. The average Bonchev–Trinajstić information content (AvgIpc) is 1.99. The van der Waals surface area contributed by atoms with Crippen molar-refractivity contribution in [3.63, 3.8) is 0 Å². The first kappa shape index (κ1) is 3.26. The van der Waals surface area contributed by atoms with E-state index >= 15 is 0 Å². The van der Waals surface area contributed by atoms with E-state index < -0.39 is 12.3 Å². The van der Waals surface area contributed by atoms with Crippen LogP contribution in [-0.2, 0) is 5.28 Å². The summed E-state index contributed by atoms with van der Waals surface area (Å²) in [6, 6.07) is 5.90. The summed E-state index contributed by atoms with van der Waals surface area (Å²) in [4.78, 5) is 0. The molecule has 2 heteroatoms. The number of methoxy groups -OCH3 is 1. The molecule has 0 fully saturated rings. The van der Waals surface area contributed by atoms with Crippen molar-refractivity contribution in [1.29, 1.82) is 0 Å². The molecule has 10 heavy (non-hydrogen) atoms. The lowest BCUT2D eigenvalue weighted by atomic mass is 10.3. The van der Waals surface area contributed by atoms with E-state index in [1.165, 1.54) is 18.2 Å². The van der Waals surface area contributed by atoms with Crippen LogP contribution >= 0.6 is 15.9 Å². The largest absolute Gasteiger partial charge is 0.497 e. The zero-order chi connectivity index (χ0) is 11.7. The Morgan fingerprint density at radius 2 is 2.70 bits per heavy atom. The summed E-state index contributed by atoms with van der Waals surface area (Å²) >= 11 is 2.84. The zero-order valence-corrected chi connectivity index (χ0v) is 6.68. The van der Waals surface area contributed by atoms with Gasteiger partial charge in [0, 0.05) is 8.02 Å². The summed E-state index contributed by atoms with van der Waals surface area (Å²) in [7, 11) is -2.52. The standard InChI is InChI=1S/C8H9BrO/c1-10-8-4-2-3-7(5-8)6-9/h2-5H,6H2,1H3/i1+1D3,6+1D2. The molecular formula is C8H9BrO. The number of alkyl halides is 1. The predicted molar refractivity (Wildman–Crippen MR) is 45.6 cm³/mol. The Morgan fingerprint density at radius 3 is 3.40 bits per heavy atom. The quantitative estimate of drug-likeness (QED) is 0.536. The number of hydrogen-bond donors (Lipinski definition) is 0. The van der Waals surface area contributed by atoms with Crippen molar-refractivity contribution in [2.75, 3.05) is 7.04 Å². The van der Waals surface area contributed by atoms with Gasteiger partial charge in [-0.15, -0.1) is 0 Å². The first-order valence-corrected chi connectivity index (χ1v) is 3.46. The third kappa shape index (κ3) is 1.74. The maximum Gasteiger partial charge on any atom is 0.119 e. The summed E-state index contributed by atoms with van der Waals surface area (Å²) in [6.45, 7) is 0. The van der Waals surface area contributed by atoms with E-state index in [-0.39, 0.29) is 5.75 Å². The topological polar surface area (TPSA) is 9.23 Å². The van der Waals surface area contributed by atoms with Gasteiger partial charge in [-0.2, -0.15) is 0 Å². The molecule has 0 saturated heterocycles. The summed E-state index contributed by atoms with van der Waals surface area (Å²) < 4.78 is 40.1. The molecule has 0 aliphatic heterocycles. The van der Waals surface area contributed by atoms with Crippen molar-refractivity contribution in [1.82, 2.24) is 0 Å². The van der Waals surface area contributed by atoms with E-state index in [2.05, 4.69) is 20.7 Å². The number of rotatable bonds is 2. The van der Waals surface area contributed by atoms with Crippen LogP contribution in [0.25, 0.3) is 0 Å². The Morgan fingerprint density at radius 1 is 1.80 bits per heavy atom. The first-order chi connectivity index (χ1) is 6.68. The minimum atomic E-state index is -2.52. The molecule has 0 amide bonds. The fourth-order valence-corrected chi connectivity index (χ4v) is 0.865. The fourth-order valence-electron chi connectivity index (χ4n) is 0.618. The van der Waals surface area contributed by atoms with E-state index in [1.54, 1.807) is 6.07 Å². The molecule has 0 aliphatic carbocycles. The Bertz CT molecular complexity index is 344. The molecule has 1 aromatic carbocycles. The van der Waals surface area contributed by atoms with Gasteiger partial charge in [0.15, 0.2) is 0 Å². The molecule has 0 saturated carbocycles. The van der Waals surface area contributed by atoms with Crippen LogP contribution in [0.5, 0.6) is 5.75 Å². The van der Waals surface area contributed by atoms with Crippen molar-refractivity contribution >= 4 is 15.9 Å².